The van der Waals surface area contributed by atoms with E-state index in [0.717, 1.165) is 12.1 Å². The summed E-state index contributed by atoms with van der Waals surface area (Å²) in [6.45, 7) is 6.79. The van der Waals surface area contributed by atoms with Crippen molar-refractivity contribution in [2.75, 3.05) is 0 Å². The highest BCUT2D eigenvalue weighted by atomic mass is 19.4. The van der Waals surface area contributed by atoms with E-state index in [-0.39, 0.29) is 5.56 Å². The molecule has 0 aliphatic heterocycles. The van der Waals surface area contributed by atoms with Crippen LogP contribution in [0.5, 0.6) is 0 Å². The van der Waals surface area contributed by atoms with E-state index in [9.17, 15) is 18.0 Å². The molecular formula is C15H9F3N2O. The first-order valence-electron chi connectivity index (χ1n) is 5.82. The molecule has 2 aromatic rings. The van der Waals surface area contributed by atoms with Gasteiger partial charge in [0.25, 0.3) is 0 Å². The van der Waals surface area contributed by atoms with Crippen molar-refractivity contribution >= 4 is 11.6 Å². The molecule has 0 saturated carbocycles. The van der Waals surface area contributed by atoms with Gasteiger partial charge in [-0.2, -0.15) is 13.2 Å². The van der Waals surface area contributed by atoms with Gasteiger partial charge < -0.3 is 5.73 Å². The molecule has 2 N–H and O–H groups in total. The van der Waals surface area contributed by atoms with Crippen molar-refractivity contribution in [2.45, 2.75) is 6.18 Å². The van der Waals surface area contributed by atoms with Gasteiger partial charge in [-0.15, -0.1) is 0 Å². The van der Waals surface area contributed by atoms with Gasteiger partial charge in [0.2, 0.25) is 5.91 Å². The second kappa shape index (κ2) is 5.29. The summed E-state index contributed by atoms with van der Waals surface area (Å²) in [5, 5.41) is 0. The van der Waals surface area contributed by atoms with Gasteiger partial charge in [-0.1, -0.05) is 30.3 Å². The van der Waals surface area contributed by atoms with Gasteiger partial charge in [0.15, 0.2) is 5.69 Å². The summed E-state index contributed by atoms with van der Waals surface area (Å²) in [4.78, 5) is 13.8. The molecule has 2 aromatic carbocycles. The zero-order valence-corrected chi connectivity index (χ0v) is 10.6. The summed E-state index contributed by atoms with van der Waals surface area (Å²) in [5.74, 6) is -0.610. The van der Waals surface area contributed by atoms with Crippen LogP contribution in [-0.2, 0) is 6.18 Å². The smallest absolute Gasteiger partial charge is 0.366 e. The van der Waals surface area contributed by atoms with Gasteiger partial charge in [-0.3, -0.25) is 4.79 Å². The number of halogens is 3. The molecule has 0 unspecified atom stereocenters. The van der Waals surface area contributed by atoms with Gasteiger partial charge in [0.05, 0.1) is 12.1 Å². The molecule has 0 aromatic heterocycles. The number of carbonyl (C=O) groups is 1. The third-order valence-electron chi connectivity index (χ3n) is 2.93. The number of benzene rings is 2. The third kappa shape index (κ3) is 3.03. The highest BCUT2D eigenvalue weighted by Crippen LogP contribution is 2.38. The van der Waals surface area contributed by atoms with Crippen LogP contribution in [0, 0.1) is 6.57 Å². The highest BCUT2D eigenvalue weighted by Gasteiger charge is 2.33. The average molecular weight is 290 g/mol. The summed E-state index contributed by atoms with van der Waals surface area (Å²) in [7, 11) is 0. The van der Waals surface area contributed by atoms with E-state index in [1.54, 1.807) is 0 Å². The Balaban J connectivity index is 2.50. The van der Waals surface area contributed by atoms with Gasteiger partial charge in [-0.25, -0.2) is 4.85 Å². The predicted octanol–water partition coefficient (Wildman–Crippen LogP) is 4.02. The molecule has 2 rings (SSSR count). The lowest BCUT2D eigenvalue weighted by Gasteiger charge is -2.11. The summed E-state index contributed by atoms with van der Waals surface area (Å²) in [5.41, 5.74) is 4.76. The molecule has 0 radical (unpaired) electrons. The number of carbonyl (C=O) groups excluding carboxylic acids is 1. The quantitative estimate of drug-likeness (QED) is 0.834. The summed E-state index contributed by atoms with van der Waals surface area (Å²) < 4.78 is 38.7. The molecule has 0 heterocycles. The number of hydrogen-bond donors (Lipinski definition) is 1. The number of nitrogens with two attached hydrogens (primary N) is 1. The molecule has 0 aliphatic carbocycles. The molecule has 6 heteroatoms. The number of primary amides is 1. The summed E-state index contributed by atoms with van der Waals surface area (Å²) in [6.07, 6.45) is -4.59. The Labute approximate surface area is 118 Å². The lowest BCUT2D eigenvalue weighted by atomic mass is 10.0. The van der Waals surface area contributed by atoms with Crippen LogP contribution in [0.3, 0.4) is 0 Å². The number of nitrogens with zero attached hydrogens (tertiary/aromatic N) is 1. The molecule has 0 bridgehead atoms. The van der Waals surface area contributed by atoms with Crippen LogP contribution >= 0.6 is 0 Å². The lowest BCUT2D eigenvalue weighted by Crippen LogP contribution is -2.10. The second-order valence-electron chi connectivity index (χ2n) is 4.28. The van der Waals surface area contributed by atoms with Crippen LogP contribution in [0.4, 0.5) is 18.9 Å². The first-order chi connectivity index (χ1) is 9.82. The number of amides is 1. The average Bonchev–Trinajstić information content (AvgIpc) is 2.45. The Morgan fingerprint density at radius 3 is 2.10 bits per heavy atom. The van der Waals surface area contributed by atoms with Crippen LogP contribution in [0.25, 0.3) is 16.0 Å². The number of rotatable bonds is 2. The normalized spacial score (nSPS) is 11.0. The van der Waals surface area contributed by atoms with Gasteiger partial charge in [0, 0.05) is 5.56 Å². The van der Waals surface area contributed by atoms with Crippen LogP contribution in [0.15, 0.2) is 42.5 Å². The Bertz CT molecular complexity index is 728. The maximum atomic E-state index is 12.9. The third-order valence-corrected chi connectivity index (χ3v) is 2.93. The molecular weight excluding hydrogens is 281 g/mol. The predicted molar refractivity (Wildman–Crippen MR) is 71.7 cm³/mol. The maximum Gasteiger partial charge on any atom is 0.407 e. The van der Waals surface area contributed by atoms with Crippen LogP contribution < -0.4 is 5.73 Å². The first-order valence-corrected chi connectivity index (χ1v) is 5.82. The Hall–Kier alpha value is -2.81. The van der Waals surface area contributed by atoms with Crippen molar-refractivity contribution in [3.8, 4) is 11.1 Å². The van der Waals surface area contributed by atoms with Crippen molar-refractivity contribution in [1.82, 2.24) is 0 Å². The highest BCUT2D eigenvalue weighted by molar-refractivity contribution is 5.93. The molecule has 21 heavy (non-hydrogen) atoms. The molecule has 0 aliphatic rings. The molecule has 0 spiro atoms. The van der Waals surface area contributed by atoms with E-state index in [2.05, 4.69) is 4.85 Å². The minimum absolute atomic E-state index is 0.271. The second-order valence-corrected chi connectivity index (χ2v) is 4.28. The molecule has 0 atom stereocenters. The van der Waals surface area contributed by atoms with Crippen molar-refractivity contribution < 1.29 is 18.0 Å². The van der Waals surface area contributed by atoms with Crippen LogP contribution in [0.2, 0.25) is 0 Å². The minimum atomic E-state index is -4.59. The zero-order chi connectivity index (χ0) is 15.6. The standard InChI is InChI=1S/C15H9F3N2O/c1-20-13-7-6-11(8-12(13)15(16,17)18)9-2-4-10(5-3-9)14(19)21/h2-8H,(H2,19,21). The monoisotopic (exact) mass is 290 g/mol. The fourth-order valence-corrected chi connectivity index (χ4v) is 1.87. The Kier molecular flexibility index (Phi) is 3.68. The summed E-state index contributed by atoms with van der Waals surface area (Å²) in [6, 6.07) is 9.38. The van der Waals surface area contributed by atoms with Gasteiger partial charge >= 0.3 is 6.18 Å². The SMILES string of the molecule is [C-]#[N+]c1ccc(-c2ccc(C(N)=O)cc2)cc1C(F)(F)F. The fraction of sp³-hybridized carbons (Fsp3) is 0.0667. The van der Waals surface area contributed by atoms with E-state index >= 15 is 0 Å². The Morgan fingerprint density at radius 2 is 1.62 bits per heavy atom. The molecule has 106 valence electrons. The molecule has 0 fully saturated rings. The van der Waals surface area contributed by atoms with E-state index in [1.165, 1.54) is 30.3 Å². The molecule has 3 nitrogen and oxygen atoms in total. The number of alkyl halides is 3. The van der Waals surface area contributed by atoms with Crippen molar-refractivity contribution in [3.63, 3.8) is 0 Å². The van der Waals surface area contributed by atoms with Crippen LogP contribution in [-0.4, -0.2) is 5.91 Å². The van der Waals surface area contributed by atoms with E-state index < -0.39 is 23.3 Å². The zero-order valence-electron chi connectivity index (χ0n) is 10.6. The minimum Gasteiger partial charge on any atom is -0.366 e. The van der Waals surface area contributed by atoms with Crippen molar-refractivity contribution in [1.29, 1.82) is 0 Å². The van der Waals surface area contributed by atoms with Gasteiger partial charge in [0.1, 0.15) is 0 Å². The molecule has 0 saturated heterocycles. The topological polar surface area (TPSA) is 47.5 Å². The lowest BCUT2D eigenvalue weighted by molar-refractivity contribution is -0.136. The Morgan fingerprint density at radius 1 is 1.05 bits per heavy atom. The maximum absolute atomic E-state index is 12.9. The summed E-state index contributed by atoms with van der Waals surface area (Å²) >= 11 is 0. The first kappa shape index (κ1) is 14.6. The number of hydrogen-bond acceptors (Lipinski definition) is 1. The van der Waals surface area contributed by atoms with Crippen molar-refractivity contribution in [2.24, 2.45) is 5.73 Å². The largest absolute Gasteiger partial charge is 0.407 e. The molecule has 1 amide bonds. The fourth-order valence-electron chi connectivity index (χ4n) is 1.87. The van der Waals surface area contributed by atoms with Gasteiger partial charge in [-0.05, 0) is 23.3 Å². The van der Waals surface area contributed by atoms with E-state index in [1.807, 2.05) is 0 Å². The van der Waals surface area contributed by atoms with E-state index in [0.29, 0.717) is 11.1 Å². The van der Waals surface area contributed by atoms with Crippen molar-refractivity contribution in [3.05, 3.63) is 65.0 Å². The van der Waals surface area contributed by atoms with E-state index in [4.69, 9.17) is 12.3 Å². The van der Waals surface area contributed by atoms with Crippen LogP contribution in [0.1, 0.15) is 15.9 Å².